The molecule has 2 aliphatic heterocycles. The van der Waals surface area contributed by atoms with Gasteiger partial charge in [-0.05, 0) is 33.2 Å². The Morgan fingerprint density at radius 3 is 2.67 bits per heavy atom. The summed E-state index contributed by atoms with van der Waals surface area (Å²) in [4.78, 5) is 28.4. The van der Waals surface area contributed by atoms with E-state index in [9.17, 15) is 9.59 Å². The van der Waals surface area contributed by atoms with Crippen molar-refractivity contribution in [2.24, 2.45) is 0 Å². The Morgan fingerprint density at radius 1 is 1.29 bits per heavy atom. The van der Waals surface area contributed by atoms with Gasteiger partial charge in [-0.2, -0.15) is 0 Å². The molecule has 0 aromatic heterocycles. The third kappa shape index (κ3) is 4.17. The van der Waals surface area contributed by atoms with E-state index in [4.69, 9.17) is 4.74 Å². The van der Waals surface area contributed by atoms with Crippen molar-refractivity contribution in [3.05, 3.63) is 0 Å². The summed E-state index contributed by atoms with van der Waals surface area (Å²) >= 11 is 0. The van der Waals surface area contributed by atoms with E-state index in [1.54, 1.807) is 0 Å². The monoisotopic (exact) mass is 297 g/mol. The van der Waals surface area contributed by atoms with Crippen molar-refractivity contribution in [1.82, 2.24) is 15.1 Å². The second kappa shape index (κ2) is 7.75. The summed E-state index contributed by atoms with van der Waals surface area (Å²) in [6.07, 6.45) is 2.28. The summed E-state index contributed by atoms with van der Waals surface area (Å²) < 4.78 is 5.01. The predicted octanol–water partition coefficient (Wildman–Crippen LogP) is 0.224. The van der Waals surface area contributed by atoms with Crippen molar-refractivity contribution in [2.45, 2.75) is 45.2 Å². The number of hydrogen-bond acceptors (Lipinski definition) is 5. The highest BCUT2D eigenvalue weighted by Crippen LogP contribution is 2.23. The highest BCUT2D eigenvalue weighted by molar-refractivity contribution is 5.82. The molecule has 6 nitrogen and oxygen atoms in total. The number of ether oxygens (including phenoxy) is 1. The largest absolute Gasteiger partial charge is 0.466 e. The molecule has 6 heteroatoms. The van der Waals surface area contributed by atoms with Crippen LogP contribution in [0.4, 0.5) is 0 Å². The molecule has 120 valence electrons. The van der Waals surface area contributed by atoms with E-state index in [-0.39, 0.29) is 24.0 Å². The van der Waals surface area contributed by atoms with Gasteiger partial charge in [0.25, 0.3) is 0 Å². The van der Waals surface area contributed by atoms with E-state index in [0.29, 0.717) is 13.0 Å². The van der Waals surface area contributed by atoms with Crippen molar-refractivity contribution in [3.63, 3.8) is 0 Å². The summed E-state index contributed by atoms with van der Waals surface area (Å²) in [7, 11) is 0. The lowest BCUT2D eigenvalue weighted by molar-refractivity contribution is -0.146. The van der Waals surface area contributed by atoms with Gasteiger partial charge in [0.05, 0.1) is 19.1 Å². The average molecular weight is 297 g/mol. The van der Waals surface area contributed by atoms with Crippen LogP contribution in [-0.2, 0) is 14.3 Å². The summed E-state index contributed by atoms with van der Waals surface area (Å²) in [6, 6.07) is -0.00376. The quantitative estimate of drug-likeness (QED) is 0.736. The Balaban J connectivity index is 1.92. The molecule has 2 atom stereocenters. The van der Waals surface area contributed by atoms with E-state index in [0.717, 1.165) is 45.6 Å². The first-order chi connectivity index (χ1) is 10.1. The van der Waals surface area contributed by atoms with Crippen LogP contribution >= 0.6 is 0 Å². The van der Waals surface area contributed by atoms with Crippen molar-refractivity contribution < 1.29 is 14.3 Å². The topological polar surface area (TPSA) is 61.9 Å². The number of hydrogen-bond donors (Lipinski definition) is 1. The average Bonchev–Trinajstić information content (AvgIpc) is 2.97. The van der Waals surface area contributed by atoms with Gasteiger partial charge in [0.15, 0.2) is 0 Å². The first kappa shape index (κ1) is 16.2. The molecule has 2 aliphatic rings. The number of carbonyl (C=O) groups is 2. The lowest BCUT2D eigenvalue weighted by atomic mass is 10.1. The zero-order chi connectivity index (χ0) is 15.2. The van der Waals surface area contributed by atoms with Crippen LogP contribution < -0.4 is 5.32 Å². The Morgan fingerprint density at radius 2 is 2.00 bits per heavy atom. The molecule has 21 heavy (non-hydrogen) atoms. The standard InChI is InChI=1S/C15H27N3O3/c1-3-21-14(19)11-12(2)18-8-4-5-13(18)15(20)17-9-6-16-7-10-17/h12-13,16H,3-11H2,1-2H3. The number of piperazine rings is 1. The van der Waals surface area contributed by atoms with Gasteiger partial charge < -0.3 is 15.0 Å². The Bertz CT molecular complexity index is 369. The number of esters is 1. The minimum atomic E-state index is -0.176. The van der Waals surface area contributed by atoms with Crippen LogP contribution in [0.3, 0.4) is 0 Å². The number of likely N-dealkylation sites (tertiary alicyclic amines) is 1. The molecule has 2 fully saturated rings. The second-order valence-corrected chi connectivity index (χ2v) is 5.83. The van der Waals surface area contributed by atoms with E-state index >= 15 is 0 Å². The van der Waals surface area contributed by atoms with Gasteiger partial charge in [0.1, 0.15) is 0 Å². The Kier molecular flexibility index (Phi) is 5.99. The zero-order valence-corrected chi connectivity index (χ0v) is 13.1. The summed E-state index contributed by atoms with van der Waals surface area (Å²) in [5, 5.41) is 3.27. The van der Waals surface area contributed by atoms with Crippen LogP contribution in [0.5, 0.6) is 0 Å². The highest BCUT2D eigenvalue weighted by atomic mass is 16.5. The molecule has 0 spiro atoms. The molecule has 0 saturated carbocycles. The maximum Gasteiger partial charge on any atom is 0.307 e. The third-order valence-corrected chi connectivity index (χ3v) is 4.34. The van der Waals surface area contributed by atoms with E-state index in [1.807, 2.05) is 18.7 Å². The van der Waals surface area contributed by atoms with Crippen LogP contribution in [0.15, 0.2) is 0 Å². The van der Waals surface area contributed by atoms with Crippen LogP contribution in [-0.4, -0.2) is 73.1 Å². The minimum Gasteiger partial charge on any atom is -0.466 e. The summed E-state index contributed by atoms with van der Waals surface area (Å²) in [5.41, 5.74) is 0. The molecule has 1 amide bonds. The minimum absolute atomic E-state index is 0.0587. The van der Waals surface area contributed by atoms with Gasteiger partial charge in [-0.25, -0.2) is 0 Å². The fourth-order valence-corrected chi connectivity index (χ4v) is 3.26. The van der Waals surface area contributed by atoms with Crippen molar-refractivity contribution in [3.8, 4) is 0 Å². The highest BCUT2D eigenvalue weighted by Gasteiger charge is 2.36. The molecule has 1 N–H and O–H groups in total. The molecule has 2 unspecified atom stereocenters. The molecular weight excluding hydrogens is 270 g/mol. The lowest BCUT2D eigenvalue weighted by Crippen LogP contribution is -2.54. The fraction of sp³-hybridized carbons (Fsp3) is 0.867. The molecule has 2 heterocycles. The number of rotatable bonds is 5. The maximum atomic E-state index is 12.7. The number of nitrogens with one attached hydrogen (secondary N) is 1. The fourth-order valence-electron chi connectivity index (χ4n) is 3.26. The van der Waals surface area contributed by atoms with Crippen molar-refractivity contribution in [1.29, 1.82) is 0 Å². The van der Waals surface area contributed by atoms with E-state index in [2.05, 4.69) is 10.2 Å². The van der Waals surface area contributed by atoms with Gasteiger partial charge in [-0.15, -0.1) is 0 Å². The first-order valence-corrected chi connectivity index (χ1v) is 8.04. The molecule has 0 aromatic rings. The summed E-state index contributed by atoms with van der Waals surface area (Å²) in [5.74, 6) is 0.0509. The van der Waals surface area contributed by atoms with Gasteiger partial charge in [0, 0.05) is 32.2 Å². The van der Waals surface area contributed by atoms with Crippen molar-refractivity contribution in [2.75, 3.05) is 39.3 Å². The van der Waals surface area contributed by atoms with E-state index in [1.165, 1.54) is 0 Å². The molecule has 0 aromatic carbocycles. The molecule has 0 bridgehead atoms. The lowest BCUT2D eigenvalue weighted by Gasteiger charge is -2.35. The van der Waals surface area contributed by atoms with Gasteiger partial charge >= 0.3 is 5.97 Å². The van der Waals surface area contributed by atoms with Crippen LogP contribution in [0.2, 0.25) is 0 Å². The van der Waals surface area contributed by atoms with Crippen LogP contribution in [0.1, 0.15) is 33.1 Å². The van der Waals surface area contributed by atoms with Gasteiger partial charge in [0.2, 0.25) is 5.91 Å². The Hall–Kier alpha value is -1.14. The number of nitrogens with zero attached hydrogens (tertiary/aromatic N) is 2. The van der Waals surface area contributed by atoms with E-state index < -0.39 is 0 Å². The van der Waals surface area contributed by atoms with Crippen LogP contribution in [0, 0.1) is 0 Å². The molecule has 0 aliphatic carbocycles. The first-order valence-electron chi connectivity index (χ1n) is 8.04. The molecule has 2 saturated heterocycles. The zero-order valence-electron chi connectivity index (χ0n) is 13.1. The summed E-state index contributed by atoms with van der Waals surface area (Å²) in [6.45, 7) is 8.45. The van der Waals surface area contributed by atoms with Crippen LogP contribution in [0.25, 0.3) is 0 Å². The maximum absolute atomic E-state index is 12.7. The number of carbonyl (C=O) groups excluding carboxylic acids is 2. The molecular formula is C15H27N3O3. The SMILES string of the molecule is CCOC(=O)CC(C)N1CCCC1C(=O)N1CCNCC1. The second-order valence-electron chi connectivity index (χ2n) is 5.83. The van der Waals surface area contributed by atoms with Gasteiger partial charge in [-0.1, -0.05) is 0 Å². The Labute approximate surface area is 126 Å². The molecule has 0 radical (unpaired) electrons. The number of amides is 1. The molecule has 2 rings (SSSR count). The smallest absolute Gasteiger partial charge is 0.307 e. The van der Waals surface area contributed by atoms with Crippen molar-refractivity contribution >= 4 is 11.9 Å². The van der Waals surface area contributed by atoms with Gasteiger partial charge in [-0.3, -0.25) is 14.5 Å². The normalized spacial score (nSPS) is 24.9. The predicted molar refractivity (Wildman–Crippen MR) is 79.9 cm³/mol. The third-order valence-electron chi connectivity index (χ3n) is 4.34.